The third kappa shape index (κ3) is 2.19. The molecule has 4 heteroatoms. The summed E-state index contributed by atoms with van der Waals surface area (Å²) in [6.45, 7) is 1.78. The highest BCUT2D eigenvalue weighted by Gasteiger charge is 2.10. The molecular weight excluding hydrogens is 246 g/mol. The molecule has 1 aromatic rings. The second-order valence-electron chi connectivity index (χ2n) is 3.39. The molecule has 0 aromatic heterocycles. The molecule has 78 valence electrons. The molecule has 2 rings (SSSR count). The number of aromatic hydroxyl groups is 2. The van der Waals surface area contributed by atoms with Gasteiger partial charge in [-0.1, -0.05) is 0 Å². The Morgan fingerprint density at radius 2 is 1.71 bits per heavy atom. The zero-order chi connectivity index (χ0) is 9.26. The van der Waals surface area contributed by atoms with E-state index in [2.05, 4.69) is 5.32 Å². The third-order valence-corrected chi connectivity index (χ3v) is 2.41. The van der Waals surface area contributed by atoms with Gasteiger partial charge in [-0.3, -0.25) is 0 Å². The van der Waals surface area contributed by atoms with Crippen molar-refractivity contribution in [1.29, 1.82) is 0 Å². The van der Waals surface area contributed by atoms with Gasteiger partial charge < -0.3 is 15.5 Å². The fourth-order valence-electron chi connectivity index (χ4n) is 1.69. The minimum atomic E-state index is -0.0255. The number of hydrogen-bond acceptors (Lipinski definition) is 3. The number of phenols is 2. The molecule has 0 saturated heterocycles. The molecule has 0 atom stereocenters. The van der Waals surface area contributed by atoms with Gasteiger partial charge in [-0.15, -0.1) is 17.0 Å². The molecule has 0 bridgehead atoms. The fourth-order valence-corrected chi connectivity index (χ4v) is 1.69. The summed E-state index contributed by atoms with van der Waals surface area (Å²) in [7, 11) is 0. The van der Waals surface area contributed by atoms with Crippen molar-refractivity contribution < 1.29 is 10.2 Å². The molecule has 1 heterocycles. The Morgan fingerprint density at radius 1 is 1.07 bits per heavy atom. The van der Waals surface area contributed by atoms with Crippen molar-refractivity contribution in [3.05, 3.63) is 23.3 Å². The molecule has 0 radical (unpaired) electrons. The molecule has 0 unspecified atom stereocenters. The van der Waals surface area contributed by atoms with Crippen LogP contribution in [0.1, 0.15) is 17.5 Å². The van der Waals surface area contributed by atoms with Crippen LogP contribution < -0.4 is 5.32 Å². The molecule has 0 fully saturated rings. The van der Waals surface area contributed by atoms with Crippen molar-refractivity contribution in [2.24, 2.45) is 0 Å². The number of fused-ring (bicyclic) bond motifs is 1. The number of halogens is 1. The van der Waals surface area contributed by atoms with Crippen molar-refractivity contribution in [2.45, 2.75) is 19.4 Å². The largest absolute Gasteiger partial charge is 0.504 e. The zero-order valence-corrected chi connectivity index (χ0v) is 9.50. The molecule has 3 N–H and O–H groups in total. The Morgan fingerprint density at radius 3 is 2.43 bits per heavy atom. The summed E-state index contributed by atoms with van der Waals surface area (Å²) in [5.74, 6) is -0.0388. The highest BCUT2D eigenvalue weighted by molar-refractivity contribution is 8.93. The molecule has 1 aliphatic heterocycles. The maximum atomic E-state index is 9.30. The minimum Gasteiger partial charge on any atom is -0.504 e. The second kappa shape index (κ2) is 4.66. The first-order valence-electron chi connectivity index (χ1n) is 4.52. The number of hydrogen-bond donors (Lipinski definition) is 3. The fraction of sp³-hybridized carbons (Fsp3) is 0.400. The van der Waals surface area contributed by atoms with Crippen LogP contribution in [0.15, 0.2) is 12.1 Å². The summed E-state index contributed by atoms with van der Waals surface area (Å²) in [6.07, 6.45) is 2.05. The summed E-state index contributed by atoms with van der Waals surface area (Å²) in [6, 6.07) is 3.31. The van der Waals surface area contributed by atoms with Crippen LogP contribution in [0.5, 0.6) is 11.5 Å². The SMILES string of the molecule is Br.Oc1cc2c(cc1O)CNCCC2. The summed E-state index contributed by atoms with van der Waals surface area (Å²) in [5.41, 5.74) is 2.23. The van der Waals surface area contributed by atoms with E-state index in [4.69, 9.17) is 0 Å². The summed E-state index contributed by atoms with van der Waals surface area (Å²) < 4.78 is 0. The molecule has 14 heavy (non-hydrogen) atoms. The normalized spacial score (nSPS) is 15.1. The van der Waals surface area contributed by atoms with Crippen LogP contribution in [0.25, 0.3) is 0 Å². The van der Waals surface area contributed by atoms with E-state index in [1.54, 1.807) is 12.1 Å². The van der Waals surface area contributed by atoms with Crippen molar-refractivity contribution >= 4 is 17.0 Å². The third-order valence-electron chi connectivity index (χ3n) is 2.41. The van der Waals surface area contributed by atoms with E-state index in [0.717, 1.165) is 37.1 Å². The quantitative estimate of drug-likeness (QED) is 0.622. The van der Waals surface area contributed by atoms with E-state index in [1.165, 1.54) is 0 Å². The number of rotatable bonds is 0. The molecule has 0 saturated carbocycles. The zero-order valence-electron chi connectivity index (χ0n) is 7.79. The predicted octanol–water partition coefficient (Wildman–Crippen LogP) is 1.71. The van der Waals surface area contributed by atoms with Crippen LogP contribution >= 0.6 is 17.0 Å². The van der Waals surface area contributed by atoms with Crippen LogP contribution in [0, 0.1) is 0 Å². The molecule has 0 spiro atoms. The first-order chi connectivity index (χ1) is 6.27. The van der Waals surface area contributed by atoms with Gasteiger partial charge in [-0.05, 0) is 42.6 Å². The lowest BCUT2D eigenvalue weighted by Crippen LogP contribution is -2.11. The minimum absolute atomic E-state index is 0. The van der Waals surface area contributed by atoms with Crippen LogP contribution in [0.4, 0.5) is 0 Å². The predicted molar refractivity (Wildman–Crippen MR) is 60.1 cm³/mol. The Labute approximate surface area is 93.5 Å². The highest BCUT2D eigenvalue weighted by atomic mass is 79.9. The van der Waals surface area contributed by atoms with Crippen molar-refractivity contribution in [3.63, 3.8) is 0 Å². The first kappa shape index (κ1) is 11.3. The molecule has 0 aliphatic carbocycles. The Hall–Kier alpha value is -0.740. The monoisotopic (exact) mass is 259 g/mol. The Kier molecular flexibility index (Phi) is 3.77. The van der Waals surface area contributed by atoms with Gasteiger partial charge in [-0.2, -0.15) is 0 Å². The standard InChI is InChI=1S/C10H13NO2.BrH/c12-9-4-7-2-1-3-11-6-8(7)5-10(9)13;/h4-5,11-13H,1-3,6H2;1H. The molecule has 3 nitrogen and oxygen atoms in total. The van der Waals surface area contributed by atoms with Crippen LogP contribution in [0.2, 0.25) is 0 Å². The summed E-state index contributed by atoms with van der Waals surface area (Å²) >= 11 is 0. The van der Waals surface area contributed by atoms with Crippen LogP contribution in [0.3, 0.4) is 0 Å². The number of phenolic OH excluding ortho intramolecular Hbond substituents is 2. The van der Waals surface area contributed by atoms with Gasteiger partial charge in [0.25, 0.3) is 0 Å². The van der Waals surface area contributed by atoms with Gasteiger partial charge in [0.05, 0.1) is 0 Å². The summed E-state index contributed by atoms with van der Waals surface area (Å²) in [5, 5.41) is 21.8. The van der Waals surface area contributed by atoms with Gasteiger partial charge in [0.1, 0.15) is 0 Å². The second-order valence-corrected chi connectivity index (χ2v) is 3.39. The molecule has 0 amide bonds. The Bertz CT molecular complexity index is 297. The van der Waals surface area contributed by atoms with E-state index in [-0.39, 0.29) is 28.5 Å². The average molecular weight is 260 g/mol. The maximum Gasteiger partial charge on any atom is 0.157 e. The number of aryl methyl sites for hydroxylation is 1. The van der Waals surface area contributed by atoms with Gasteiger partial charge >= 0.3 is 0 Å². The molecule has 1 aliphatic rings. The lowest BCUT2D eigenvalue weighted by Gasteiger charge is -2.07. The van der Waals surface area contributed by atoms with E-state index in [9.17, 15) is 10.2 Å². The lowest BCUT2D eigenvalue weighted by molar-refractivity contribution is 0.402. The first-order valence-corrected chi connectivity index (χ1v) is 4.52. The maximum absolute atomic E-state index is 9.30. The number of nitrogens with one attached hydrogen (secondary N) is 1. The average Bonchev–Trinajstić information content (AvgIpc) is 2.31. The smallest absolute Gasteiger partial charge is 0.157 e. The van der Waals surface area contributed by atoms with E-state index in [0.29, 0.717) is 0 Å². The van der Waals surface area contributed by atoms with Crippen molar-refractivity contribution in [1.82, 2.24) is 5.32 Å². The highest BCUT2D eigenvalue weighted by Crippen LogP contribution is 2.29. The number of benzene rings is 1. The van der Waals surface area contributed by atoms with Crippen molar-refractivity contribution in [2.75, 3.05) is 6.54 Å². The van der Waals surface area contributed by atoms with Crippen molar-refractivity contribution in [3.8, 4) is 11.5 Å². The van der Waals surface area contributed by atoms with Crippen LogP contribution in [-0.2, 0) is 13.0 Å². The van der Waals surface area contributed by atoms with E-state index >= 15 is 0 Å². The van der Waals surface area contributed by atoms with Crippen LogP contribution in [-0.4, -0.2) is 16.8 Å². The van der Waals surface area contributed by atoms with E-state index < -0.39 is 0 Å². The van der Waals surface area contributed by atoms with Gasteiger partial charge in [0.2, 0.25) is 0 Å². The topological polar surface area (TPSA) is 52.5 Å². The molecular formula is C10H14BrNO2. The molecule has 1 aromatic carbocycles. The summed E-state index contributed by atoms with van der Waals surface area (Å²) in [4.78, 5) is 0. The lowest BCUT2D eigenvalue weighted by atomic mass is 10.0. The van der Waals surface area contributed by atoms with Gasteiger partial charge in [0.15, 0.2) is 11.5 Å². The van der Waals surface area contributed by atoms with E-state index in [1.807, 2.05) is 0 Å². The van der Waals surface area contributed by atoms with Gasteiger partial charge in [-0.25, -0.2) is 0 Å². The van der Waals surface area contributed by atoms with Gasteiger partial charge in [0, 0.05) is 6.54 Å². The Balaban J connectivity index is 0.000000980.